The molecule has 2 N–H and O–H groups in total. The van der Waals surface area contributed by atoms with Crippen molar-refractivity contribution < 1.29 is 13.6 Å². The van der Waals surface area contributed by atoms with Crippen molar-refractivity contribution in [1.29, 1.82) is 0 Å². The maximum Gasteiger partial charge on any atom is 0.230 e. The van der Waals surface area contributed by atoms with Crippen LogP contribution < -0.4 is 5.73 Å². The van der Waals surface area contributed by atoms with E-state index in [2.05, 4.69) is 0 Å². The quantitative estimate of drug-likeness (QED) is 0.925. The van der Waals surface area contributed by atoms with Gasteiger partial charge in [0.05, 0.1) is 5.41 Å². The number of nitrogens with two attached hydrogens (primary N) is 1. The summed E-state index contributed by atoms with van der Waals surface area (Å²) in [4.78, 5) is 14.1. The van der Waals surface area contributed by atoms with Gasteiger partial charge in [-0.2, -0.15) is 0 Å². The van der Waals surface area contributed by atoms with Gasteiger partial charge in [0.1, 0.15) is 0 Å². The standard InChI is InChI=1S/C15H20F2N2O/c1-15(7-3-4-13(15)18)14(20)19(2)9-10-5-6-11(16)12(17)8-10/h5-6,8,13H,3-4,7,9,18H2,1-2H3. The van der Waals surface area contributed by atoms with Crippen molar-refractivity contribution in [2.45, 2.75) is 38.8 Å². The molecule has 1 amide bonds. The van der Waals surface area contributed by atoms with E-state index in [9.17, 15) is 13.6 Å². The van der Waals surface area contributed by atoms with Crippen molar-refractivity contribution >= 4 is 5.91 Å². The Morgan fingerprint density at radius 3 is 2.70 bits per heavy atom. The number of carbonyl (C=O) groups excluding carboxylic acids is 1. The minimum atomic E-state index is -0.896. The molecule has 1 aliphatic carbocycles. The van der Waals surface area contributed by atoms with Crippen LogP contribution in [0.1, 0.15) is 31.7 Å². The average Bonchev–Trinajstić information content (AvgIpc) is 2.74. The summed E-state index contributed by atoms with van der Waals surface area (Å²) < 4.78 is 26.1. The minimum Gasteiger partial charge on any atom is -0.341 e. The molecule has 0 heterocycles. The van der Waals surface area contributed by atoms with Gasteiger partial charge in [0.2, 0.25) is 5.91 Å². The van der Waals surface area contributed by atoms with Gasteiger partial charge in [-0.15, -0.1) is 0 Å². The predicted octanol–water partition coefficient (Wildman–Crippen LogP) is 2.44. The Hall–Kier alpha value is -1.49. The summed E-state index contributed by atoms with van der Waals surface area (Å²) in [5.41, 5.74) is 6.05. The van der Waals surface area contributed by atoms with E-state index in [-0.39, 0.29) is 18.5 Å². The zero-order valence-corrected chi connectivity index (χ0v) is 11.8. The van der Waals surface area contributed by atoms with Gasteiger partial charge in [0.15, 0.2) is 11.6 Å². The zero-order valence-electron chi connectivity index (χ0n) is 11.8. The van der Waals surface area contributed by atoms with Crippen LogP contribution in [0.2, 0.25) is 0 Å². The summed E-state index contributed by atoms with van der Waals surface area (Å²) in [5, 5.41) is 0. The first kappa shape index (κ1) is 14.9. The number of hydrogen-bond donors (Lipinski definition) is 1. The fourth-order valence-corrected chi connectivity index (χ4v) is 2.88. The van der Waals surface area contributed by atoms with Gasteiger partial charge < -0.3 is 10.6 Å². The number of halogens is 2. The molecule has 0 radical (unpaired) electrons. The number of nitrogens with zero attached hydrogens (tertiary/aromatic N) is 1. The molecular formula is C15H20F2N2O. The topological polar surface area (TPSA) is 46.3 Å². The van der Waals surface area contributed by atoms with Crippen molar-refractivity contribution in [2.24, 2.45) is 11.1 Å². The molecule has 1 aromatic rings. The highest BCUT2D eigenvalue weighted by Gasteiger charge is 2.44. The number of benzene rings is 1. The van der Waals surface area contributed by atoms with Crippen molar-refractivity contribution in [3.8, 4) is 0 Å². The maximum atomic E-state index is 13.2. The molecule has 20 heavy (non-hydrogen) atoms. The van der Waals surface area contributed by atoms with Crippen LogP contribution in [-0.2, 0) is 11.3 Å². The van der Waals surface area contributed by atoms with E-state index in [0.29, 0.717) is 5.56 Å². The zero-order chi connectivity index (χ0) is 14.9. The first-order valence-corrected chi connectivity index (χ1v) is 6.79. The van der Waals surface area contributed by atoms with Crippen LogP contribution >= 0.6 is 0 Å². The van der Waals surface area contributed by atoms with E-state index in [4.69, 9.17) is 5.73 Å². The third-order valence-corrected chi connectivity index (χ3v) is 4.27. The molecule has 2 unspecified atom stereocenters. The molecule has 2 rings (SSSR count). The molecule has 1 fully saturated rings. The minimum absolute atomic E-state index is 0.0350. The number of hydrogen-bond acceptors (Lipinski definition) is 2. The number of rotatable bonds is 3. The van der Waals surface area contributed by atoms with Gasteiger partial charge in [0, 0.05) is 19.6 Å². The molecule has 5 heteroatoms. The smallest absolute Gasteiger partial charge is 0.230 e. The Morgan fingerprint density at radius 2 is 2.15 bits per heavy atom. The Labute approximate surface area is 117 Å². The van der Waals surface area contributed by atoms with Gasteiger partial charge in [-0.25, -0.2) is 8.78 Å². The average molecular weight is 282 g/mol. The second-order valence-electron chi connectivity index (χ2n) is 5.83. The summed E-state index contributed by atoms with van der Waals surface area (Å²) >= 11 is 0. The van der Waals surface area contributed by atoms with E-state index < -0.39 is 17.0 Å². The third kappa shape index (κ3) is 2.68. The maximum absolute atomic E-state index is 13.2. The molecule has 1 saturated carbocycles. The van der Waals surface area contributed by atoms with E-state index >= 15 is 0 Å². The van der Waals surface area contributed by atoms with Crippen molar-refractivity contribution in [3.05, 3.63) is 35.4 Å². The molecular weight excluding hydrogens is 262 g/mol. The molecule has 0 aromatic heterocycles. The van der Waals surface area contributed by atoms with Gasteiger partial charge >= 0.3 is 0 Å². The van der Waals surface area contributed by atoms with Crippen molar-refractivity contribution in [3.63, 3.8) is 0 Å². The molecule has 0 spiro atoms. The predicted molar refractivity (Wildman–Crippen MR) is 72.8 cm³/mol. The second-order valence-corrected chi connectivity index (χ2v) is 5.83. The number of carbonyl (C=O) groups is 1. The Balaban J connectivity index is 2.09. The molecule has 110 valence electrons. The Morgan fingerprint density at radius 1 is 1.45 bits per heavy atom. The summed E-state index contributed by atoms with van der Waals surface area (Å²) in [7, 11) is 1.67. The highest BCUT2D eigenvalue weighted by molar-refractivity contribution is 5.83. The SMILES string of the molecule is CN(Cc1ccc(F)c(F)c1)C(=O)C1(C)CCCC1N. The summed E-state index contributed by atoms with van der Waals surface area (Å²) in [6, 6.07) is 3.55. The molecule has 0 saturated heterocycles. The van der Waals surface area contributed by atoms with Gasteiger partial charge in [-0.1, -0.05) is 12.5 Å². The van der Waals surface area contributed by atoms with Crippen LogP contribution in [0.15, 0.2) is 18.2 Å². The lowest BCUT2D eigenvalue weighted by Crippen LogP contribution is -2.47. The van der Waals surface area contributed by atoms with Crippen LogP contribution in [-0.4, -0.2) is 23.9 Å². The third-order valence-electron chi connectivity index (χ3n) is 4.27. The van der Waals surface area contributed by atoms with Crippen LogP contribution in [0, 0.1) is 17.0 Å². The van der Waals surface area contributed by atoms with Crippen LogP contribution in [0.25, 0.3) is 0 Å². The summed E-state index contributed by atoms with van der Waals surface area (Å²) in [6.45, 7) is 2.13. The lowest BCUT2D eigenvalue weighted by molar-refractivity contribution is -0.140. The lowest BCUT2D eigenvalue weighted by Gasteiger charge is -2.32. The summed E-state index contributed by atoms with van der Waals surface area (Å²) in [5.74, 6) is -1.81. The van der Waals surface area contributed by atoms with E-state index in [1.54, 1.807) is 7.05 Å². The molecule has 2 atom stereocenters. The van der Waals surface area contributed by atoms with E-state index in [1.807, 2.05) is 6.92 Å². The van der Waals surface area contributed by atoms with Gasteiger partial charge in [-0.3, -0.25) is 4.79 Å². The Kier molecular flexibility index (Phi) is 4.09. The van der Waals surface area contributed by atoms with Crippen molar-refractivity contribution in [2.75, 3.05) is 7.05 Å². The largest absolute Gasteiger partial charge is 0.341 e. The highest BCUT2D eigenvalue weighted by Crippen LogP contribution is 2.38. The molecule has 3 nitrogen and oxygen atoms in total. The van der Waals surface area contributed by atoms with Crippen LogP contribution in [0.4, 0.5) is 8.78 Å². The Bertz CT molecular complexity index is 521. The van der Waals surface area contributed by atoms with Gasteiger partial charge in [0.25, 0.3) is 0 Å². The van der Waals surface area contributed by atoms with E-state index in [0.717, 1.165) is 31.4 Å². The van der Waals surface area contributed by atoms with Crippen LogP contribution in [0.3, 0.4) is 0 Å². The normalized spacial score (nSPS) is 25.8. The number of amides is 1. The van der Waals surface area contributed by atoms with Crippen LogP contribution in [0.5, 0.6) is 0 Å². The molecule has 1 aliphatic rings. The monoisotopic (exact) mass is 282 g/mol. The van der Waals surface area contributed by atoms with Gasteiger partial charge in [-0.05, 0) is 37.5 Å². The van der Waals surface area contributed by atoms with E-state index in [1.165, 1.54) is 11.0 Å². The highest BCUT2D eigenvalue weighted by atomic mass is 19.2. The fraction of sp³-hybridized carbons (Fsp3) is 0.533. The summed E-state index contributed by atoms with van der Waals surface area (Å²) in [6.07, 6.45) is 2.57. The second kappa shape index (κ2) is 5.48. The van der Waals surface area contributed by atoms with Crippen molar-refractivity contribution in [1.82, 2.24) is 4.90 Å². The first-order chi connectivity index (χ1) is 9.34. The first-order valence-electron chi connectivity index (χ1n) is 6.79. The fourth-order valence-electron chi connectivity index (χ4n) is 2.88. The molecule has 1 aromatic carbocycles. The lowest BCUT2D eigenvalue weighted by atomic mass is 9.83. The molecule has 0 bridgehead atoms. The molecule has 0 aliphatic heterocycles.